The molecule has 0 fully saturated rings. The first-order valence-electron chi connectivity index (χ1n) is 9.16. The van der Waals surface area contributed by atoms with Crippen LogP contribution < -0.4 is 10.2 Å². The molecule has 3 aromatic rings. The maximum atomic E-state index is 12.5. The molecule has 0 spiro atoms. The summed E-state index contributed by atoms with van der Waals surface area (Å²) in [4.78, 5) is 18.0. The molecule has 0 aromatic heterocycles. The Hall–Kier alpha value is -3.08. The number of nitrogens with one attached hydrogen (secondary N) is 1. The lowest BCUT2D eigenvalue weighted by Crippen LogP contribution is -2.29. The Kier molecular flexibility index (Phi) is 7.06. The van der Waals surface area contributed by atoms with E-state index in [2.05, 4.69) is 12.1 Å². The summed E-state index contributed by atoms with van der Waals surface area (Å²) in [6.07, 6.45) is 1.84. The molecule has 5 heteroatoms. The maximum absolute atomic E-state index is 12.5. The monoisotopic (exact) mass is 407 g/mol. The van der Waals surface area contributed by atoms with Crippen molar-refractivity contribution in [3.63, 3.8) is 0 Å². The molecule has 148 valence electrons. The highest BCUT2D eigenvalue weighted by molar-refractivity contribution is 6.30. The van der Waals surface area contributed by atoms with Crippen molar-refractivity contribution in [3.8, 4) is 5.75 Å². The van der Waals surface area contributed by atoms with Gasteiger partial charge in [0.2, 0.25) is 0 Å². The maximum Gasteiger partial charge on any atom is 0.356 e. The summed E-state index contributed by atoms with van der Waals surface area (Å²) in [5.41, 5.74) is 5.33. The van der Waals surface area contributed by atoms with Gasteiger partial charge in [-0.25, -0.2) is 4.79 Å². The summed E-state index contributed by atoms with van der Waals surface area (Å²) in [5.74, 6) is 0.0629. The SMILES string of the molecule is C=C[C@@H](c1ccccc1)[C@H](NOC(=O)c1ccc(OC)cc1)c1ccc(Cl)cc1. The van der Waals surface area contributed by atoms with Crippen molar-refractivity contribution < 1.29 is 14.4 Å². The fourth-order valence-corrected chi connectivity index (χ4v) is 3.19. The van der Waals surface area contributed by atoms with Crippen LogP contribution in [0.15, 0.2) is 91.5 Å². The summed E-state index contributed by atoms with van der Waals surface area (Å²) in [7, 11) is 1.57. The Labute approximate surface area is 175 Å². The Balaban J connectivity index is 1.83. The molecule has 0 amide bonds. The van der Waals surface area contributed by atoms with Gasteiger partial charge in [-0.05, 0) is 47.5 Å². The molecule has 4 nitrogen and oxygen atoms in total. The van der Waals surface area contributed by atoms with E-state index in [1.54, 1.807) is 31.4 Å². The van der Waals surface area contributed by atoms with E-state index in [4.69, 9.17) is 21.2 Å². The third kappa shape index (κ3) is 5.25. The molecule has 0 radical (unpaired) electrons. The van der Waals surface area contributed by atoms with Crippen molar-refractivity contribution in [2.75, 3.05) is 7.11 Å². The quantitative estimate of drug-likeness (QED) is 0.383. The largest absolute Gasteiger partial charge is 0.497 e. The standard InChI is InChI=1S/C24H22ClNO3/c1-3-22(17-7-5-4-6-8-17)23(18-9-13-20(25)14-10-18)26-29-24(27)19-11-15-21(28-2)16-12-19/h3-16,22-23,26H,1H2,2H3/t22-,23+/m0/s1. The summed E-state index contributed by atoms with van der Waals surface area (Å²) in [5, 5.41) is 0.637. The number of halogens is 1. The fraction of sp³-hybridized carbons (Fsp3) is 0.125. The average molecular weight is 408 g/mol. The highest BCUT2D eigenvalue weighted by atomic mass is 35.5. The number of carbonyl (C=O) groups is 1. The minimum Gasteiger partial charge on any atom is -0.497 e. The zero-order valence-electron chi connectivity index (χ0n) is 16.0. The second kappa shape index (κ2) is 9.92. The summed E-state index contributed by atoms with van der Waals surface area (Å²) < 4.78 is 5.12. The molecule has 0 heterocycles. The zero-order chi connectivity index (χ0) is 20.6. The predicted molar refractivity (Wildman–Crippen MR) is 115 cm³/mol. The highest BCUT2D eigenvalue weighted by Crippen LogP contribution is 2.32. The molecule has 0 aliphatic rings. The van der Waals surface area contributed by atoms with E-state index in [9.17, 15) is 4.79 Å². The van der Waals surface area contributed by atoms with Gasteiger partial charge in [0.1, 0.15) is 5.75 Å². The molecule has 3 rings (SSSR count). The van der Waals surface area contributed by atoms with E-state index in [-0.39, 0.29) is 12.0 Å². The average Bonchev–Trinajstić information content (AvgIpc) is 2.78. The number of ether oxygens (including phenoxy) is 1. The molecule has 0 saturated heterocycles. The van der Waals surface area contributed by atoms with Gasteiger partial charge in [-0.2, -0.15) is 0 Å². The van der Waals surface area contributed by atoms with Crippen LogP contribution in [0.1, 0.15) is 33.4 Å². The van der Waals surface area contributed by atoms with E-state index >= 15 is 0 Å². The minimum absolute atomic E-state index is 0.124. The van der Waals surface area contributed by atoms with Gasteiger partial charge in [0.15, 0.2) is 0 Å². The minimum atomic E-state index is -0.484. The van der Waals surface area contributed by atoms with Crippen LogP contribution in [0.4, 0.5) is 0 Å². The fourth-order valence-electron chi connectivity index (χ4n) is 3.06. The van der Waals surface area contributed by atoms with Crippen LogP contribution in [-0.4, -0.2) is 13.1 Å². The number of benzene rings is 3. The van der Waals surface area contributed by atoms with Crippen LogP contribution in [0.5, 0.6) is 5.75 Å². The molecule has 0 aliphatic heterocycles. The van der Waals surface area contributed by atoms with Crippen LogP contribution in [0.2, 0.25) is 5.02 Å². The Morgan fingerprint density at radius 1 is 0.966 bits per heavy atom. The van der Waals surface area contributed by atoms with Gasteiger partial charge in [0, 0.05) is 10.9 Å². The van der Waals surface area contributed by atoms with Crippen molar-refractivity contribution >= 4 is 17.6 Å². The van der Waals surface area contributed by atoms with Gasteiger partial charge in [-0.3, -0.25) is 0 Å². The molecule has 3 aromatic carbocycles. The first-order valence-corrected chi connectivity index (χ1v) is 9.54. The first-order chi connectivity index (χ1) is 14.1. The normalized spacial score (nSPS) is 12.6. The third-order valence-corrected chi connectivity index (χ3v) is 4.88. The first kappa shape index (κ1) is 20.6. The number of carbonyl (C=O) groups excluding carboxylic acids is 1. The van der Waals surface area contributed by atoms with Crippen molar-refractivity contribution in [2.24, 2.45) is 0 Å². The van der Waals surface area contributed by atoms with Gasteiger partial charge >= 0.3 is 5.97 Å². The Morgan fingerprint density at radius 2 is 1.62 bits per heavy atom. The number of rotatable bonds is 8. The second-order valence-electron chi connectivity index (χ2n) is 6.44. The van der Waals surface area contributed by atoms with Crippen LogP contribution in [-0.2, 0) is 4.84 Å². The topological polar surface area (TPSA) is 47.6 Å². The van der Waals surface area contributed by atoms with Crippen LogP contribution in [0.3, 0.4) is 0 Å². The van der Waals surface area contributed by atoms with Crippen molar-refractivity contribution in [2.45, 2.75) is 12.0 Å². The number of methoxy groups -OCH3 is 1. The van der Waals surface area contributed by atoms with Crippen molar-refractivity contribution in [1.82, 2.24) is 5.48 Å². The molecule has 29 heavy (non-hydrogen) atoms. The summed E-state index contributed by atoms with van der Waals surface area (Å²) in [6, 6.07) is 23.7. The molecule has 0 bridgehead atoms. The van der Waals surface area contributed by atoms with E-state index in [1.165, 1.54) is 0 Å². The van der Waals surface area contributed by atoms with E-state index < -0.39 is 5.97 Å². The molecular weight excluding hydrogens is 386 g/mol. The number of hydrogen-bond donors (Lipinski definition) is 1. The van der Waals surface area contributed by atoms with Gasteiger partial charge in [-0.1, -0.05) is 60.1 Å². The molecular formula is C24H22ClNO3. The molecule has 2 atom stereocenters. The van der Waals surface area contributed by atoms with E-state index in [1.807, 2.05) is 60.7 Å². The van der Waals surface area contributed by atoms with Gasteiger partial charge in [0.25, 0.3) is 0 Å². The lowest BCUT2D eigenvalue weighted by atomic mass is 9.87. The lowest BCUT2D eigenvalue weighted by molar-refractivity contribution is 0.0136. The van der Waals surface area contributed by atoms with Crippen LogP contribution >= 0.6 is 11.6 Å². The molecule has 0 aliphatic carbocycles. The molecule has 0 unspecified atom stereocenters. The van der Waals surface area contributed by atoms with Crippen LogP contribution in [0, 0.1) is 0 Å². The summed E-state index contributed by atoms with van der Waals surface area (Å²) in [6.45, 7) is 3.99. The van der Waals surface area contributed by atoms with Gasteiger partial charge < -0.3 is 9.57 Å². The lowest BCUT2D eigenvalue weighted by Gasteiger charge is -2.26. The predicted octanol–water partition coefficient (Wildman–Crippen LogP) is 5.72. The Morgan fingerprint density at radius 3 is 2.21 bits per heavy atom. The van der Waals surface area contributed by atoms with Crippen molar-refractivity contribution in [1.29, 1.82) is 0 Å². The second-order valence-corrected chi connectivity index (χ2v) is 6.87. The van der Waals surface area contributed by atoms with Gasteiger partial charge in [0.05, 0.1) is 18.7 Å². The smallest absolute Gasteiger partial charge is 0.356 e. The Bertz CT molecular complexity index is 940. The molecule has 1 N–H and O–H groups in total. The van der Waals surface area contributed by atoms with Crippen LogP contribution in [0.25, 0.3) is 0 Å². The summed E-state index contributed by atoms with van der Waals surface area (Å²) >= 11 is 6.04. The highest BCUT2D eigenvalue weighted by Gasteiger charge is 2.24. The number of hydrogen-bond acceptors (Lipinski definition) is 4. The third-order valence-electron chi connectivity index (χ3n) is 4.63. The number of hydroxylamine groups is 1. The van der Waals surface area contributed by atoms with E-state index in [0.29, 0.717) is 16.3 Å². The van der Waals surface area contributed by atoms with Crippen molar-refractivity contribution in [3.05, 3.63) is 113 Å². The molecule has 0 saturated carbocycles. The van der Waals surface area contributed by atoms with E-state index in [0.717, 1.165) is 11.1 Å². The van der Waals surface area contributed by atoms with Gasteiger partial charge in [-0.15, -0.1) is 12.1 Å². The zero-order valence-corrected chi connectivity index (χ0v) is 16.8.